The molecule has 2 aliphatic rings. The van der Waals surface area contributed by atoms with E-state index in [1.165, 1.54) is 42.9 Å². The lowest BCUT2D eigenvalue weighted by Crippen LogP contribution is -2.46. The topological polar surface area (TPSA) is 153 Å². The molecule has 4 atom stereocenters. The van der Waals surface area contributed by atoms with Gasteiger partial charge in [0.15, 0.2) is 11.6 Å². The number of rotatable bonds is 13. The van der Waals surface area contributed by atoms with E-state index in [2.05, 4.69) is 24.5 Å². The van der Waals surface area contributed by atoms with E-state index in [1.807, 2.05) is 6.92 Å². The lowest BCUT2D eigenvalue weighted by Gasteiger charge is -2.31. The molecule has 0 aromatic rings. The molecule has 0 heterocycles. The Morgan fingerprint density at radius 3 is 2.41 bits per heavy atom. The number of aliphatic hydroxyl groups is 3. The highest BCUT2D eigenvalue weighted by atomic mass is 16.3. The van der Waals surface area contributed by atoms with E-state index in [0.717, 1.165) is 31.4 Å². The van der Waals surface area contributed by atoms with Crippen molar-refractivity contribution in [2.24, 2.45) is 11.8 Å². The van der Waals surface area contributed by atoms with Crippen molar-refractivity contribution in [3.05, 3.63) is 71.8 Å². The van der Waals surface area contributed by atoms with Crippen molar-refractivity contribution in [2.75, 3.05) is 0 Å². The molecule has 5 N–H and O–H groups in total. The molecular weight excluding hydrogens is 500 g/mol. The van der Waals surface area contributed by atoms with Crippen LogP contribution in [0, 0.1) is 11.8 Å². The number of ketones is 2. The summed E-state index contributed by atoms with van der Waals surface area (Å²) in [7, 11) is 0. The van der Waals surface area contributed by atoms with E-state index < -0.39 is 29.3 Å². The summed E-state index contributed by atoms with van der Waals surface area (Å²) in [4.78, 5) is 48.2. The molecule has 4 unspecified atom stereocenters. The maximum Gasteiger partial charge on any atom is 0.248 e. The molecule has 0 spiro atoms. The van der Waals surface area contributed by atoms with E-state index >= 15 is 0 Å². The molecule has 0 fully saturated rings. The van der Waals surface area contributed by atoms with Crippen molar-refractivity contribution in [1.29, 1.82) is 0 Å². The Morgan fingerprint density at radius 1 is 1.05 bits per heavy atom. The Bertz CT molecular complexity index is 1110. The predicted molar refractivity (Wildman–Crippen MR) is 148 cm³/mol. The van der Waals surface area contributed by atoms with Gasteiger partial charge in [0, 0.05) is 25.3 Å². The van der Waals surface area contributed by atoms with Crippen LogP contribution in [0.15, 0.2) is 71.8 Å². The highest BCUT2D eigenvalue weighted by molar-refractivity contribution is 6.03. The van der Waals surface area contributed by atoms with Gasteiger partial charge in [0.1, 0.15) is 17.1 Å². The quantitative estimate of drug-likeness (QED) is 0.177. The van der Waals surface area contributed by atoms with Gasteiger partial charge in [-0.15, -0.1) is 0 Å². The van der Waals surface area contributed by atoms with Crippen LogP contribution in [-0.2, 0) is 19.2 Å². The van der Waals surface area contributed by atoms with Crippen LogP contribution in [-0.4, -0.2) is 50.4 Å². The van der Waals surface area contributed by atoms with Crippen LogP contribution >= 0.6 is 0 Å². The fraction of sp³-hybridized carbons (Fsp3) is 0.467. The van der Waals surface area contributed by atoms with E-state index in [4.69, 9.17) is 0 Å². The monoisotopic (exact) mass is 540 g/mol. The first-order valence-corrected chi connectivity index (χ1v) is 13.4. The first-order valence-electron chi connectivity index (χ1n) is 13.4. The summed E-state index contributed by atoms with van der Waals surface area (Å²) in [5, 5.41) is 35.6. The summed E-state index contributed by atoms with van der Waals surface area (Å²) < 4.78 is 0. The normalized spacial score (nSPS) is 23.8. The lowest BCUT2D eigenvalue weighted by atomic mass is 9.85. The molecule has 0 aromatic heterocycles. The maximum absolute atomic E-state index is 12.4. The Labute approximate surface area is 229 Å². The third-order valence-electron chi connectivity index (χ3n) is 6.60. The van der Waals surface area contributed by atoms with Crippen molar-refractivity contribution in [1.82, 2.24) is 10.6 Å². The van der Waals surface area contributed by atoms with Crippen LogP contribution < -0.4 is 10.6 Å². The van der Waals surface area contributed by atoms with Crippen LogP contribution in [0.5, 0.6) is 0 Å². The summed E-state index contributed by atoms with van der Waals surface area (Å²) in [6, 6.07) is 0. The average molecular weight is 541 g/mol. The smallest absolute Gasteiger partial charge is 0.248 e. The second-order valence-corrected chi connectivity index (χ2v) is 10.2. The number of carbonyl (C=O) groups excluding carboxylic acids is 4. The standard InChI is InChI=1S/C30H40N2O7/c1-4-5-10-20(2)17-21(3)12-15-28(38)31-22-19-30(39,26(36)18-25(22)35)16-9-7-6-8-11-27(37)32-29-23(33)13-14-24(29)34/h6-9,11-12,15-16,19-21,26,33,36,39H,4-5,10,13-14,17-18H2,1-3H3,(H,31,38)(H,32,37). The molecule has 39 heavy (non-hydrogen) atoms. The Kier molecular flexibility index (Phi) is 12.3. The van der Waals surface area contributed by atoms with Gasteiger partial charge in [-0.05, 0) is 36.5 Å². The van der Waals surface area contributed by atoms with Gasteiger partial charge < -0.3 is 26.0 Å². The van der Waals surface area contributed by atoms with Crippen molar-refractivity contribution in [3.8, 4) is 0 Å². The van der Waals surface area contributed by atoms with Gasteiger partial charge in [0.25, 0.3) is 0 Å². The molecule has 9 nitrogen and oxygen atoms in total. The minimum absolute atomic E-state index is 0.0896. The molecular formula is C30H40N2O7. The second kappa shape index (κ2) is 15.1. The lowest BCUT2D eigenvalue weighted by molar-refractivity contribution is -0.124. The van der Waals surface area contributed by atoms with Gasteiger partial charge in [-0.2, -0.15) is 0 Å². The van der Waals surface area contributed by atoms with Gasteiger partial charge in [-0.1, -0.05) is 70.4 Å². The SMILES string of the molecule is CCCCC(C)CC(C)C=CC(=O)NC1=CC(O)(C=CC=CC=CC(=O)NC2=C(O)CCC2=O)C(O)CC1=O. The average Bonchev–Trinajstić information content (AvgIpc) is 3.19. The molecule has 0 saturated carbocycles. The number of aliphatic hydroxyl groups excluding tert-OH is 2. The molecule has 2 rings (SSSR count). The molecule has 2 amide bonds. The minimum atomic E-state index is -1.89. The zero-order valence-electron chi connectivity index (χ0n) is 22.9. The number of allylic oxidation sites excluding steroid dienone is 8. The first kappa shape index (κ1) is 31.7. The largest absolute Gasteiger partial charge is 0.510 e. The van der Waals surface area contributed by atoms with E-state index in [1.54, 1.807) is 6.08 Å². The van der Waals surface area contributed by atoms with Crippen molar-refractivity contribution in [2.45, 2.75) is 77.4 Å². The Morgan fingerprint density at radius 2 is 1.74 bits per heavy atom. The maximum atomic E-state index is 12.4. The fourth-order valence-corrected chi connectivity index (χ4v) is 4.36. The minimum Gasteiger partial charge on any atom is -0.510 e. The third kappa shape index (κ3) is 10.3. The molecule has 0 aromatic carbocycles. The third-order valence-corrected chi connectivity index (χ3v) is 6.60. The number of amides is 2. The number of hydrogen-bond donors (Lipinski definition) is 5. The number of Topliss-reactive ketones (excluding diaryl/α,β-unsaturated/α-hetero) is 2. The molecule has 0 aliphatic heterocycles. The van der Waals surface area contributed by atoms with Crippen LogP contribution in [0.1, 0.15) is 65.7 Å². The van der Waals surface area contributed by atoms with Gasteiger partial charge in [0.05, 0.1) is 11.8 Å². The molecule has 0 bridgehead atoms. The molecule has 212 valence electrons. The van der Waals surface area contributed by atoms with E-state index in [0.29, 0.717) is 5.92 Å². The number of unbranched alkanes of at least 4 members (excludes halogenated alkanes) is 1. The van der Waals surface area contributed by atoms with Crippen LogP contribution in [0.2, 0.25) is 0 Å². The van der Waals surface area contributed by atoms with Crippen LogP contribution in [0.3, 0.4) is 0 Å². The van der Waals surface area contributed by atoms with Crippen molar-refractivity contribution in [3.63, 3.8) is 0 Å². The molecule has 0 radical (unpaired) electrons. The van der Waals surface area contributed by atoms with E-state index in [9.17, 15) is 34.5 Å². The summed E-state index contributed by atoms with van der Waals surface area (Å²) in [5.74, 6) is -1.28. The second-order valence-electron chi connectivity index (χ2n) is 10.2. The predicted octanol–water partition coefficient (Wildman–Crippen LogP) is 3.38. The highest BCUT2D eigenvalue weighted by Gasteiger charge is 2.38. The molecule has 2 aliphatic carbocycles. The number of hydrogen-bond acceptors (Lipinski definition) is 7. The van der Waals surface area contributed by atoms with Crippen molar-refractivity contribution < 1.29 is 34.5 Å². The summed E-state index contributed by atoms with van der Waals surface area (Å²) in [5.41, 5.74) is -2.07. The van der Waals surface area contributed by atoms with Gasteiger partial charge >= 0.3 is 0 Å². The Hall–Kier alpha value is -3.56. The van der Waals surface area contributed by atoms with Crippen LogP contribution in [0.4, 0.5) is 0 Å². The highest BCUT2D eigenvalue weighted by Crippen LogP contribution is 2.26. The van der Waals surface area contributed by atoms with Crippen molar-refractivity contribution >= 4 is 23.4 Å². The van der Waals surface area contributed by atoms with Gasteiger partial charge in [-0.3, -0.25) is 19.2 Å². The number of nitrogens with one attached hydrogen (secondary N) is 2. The zero-order chi connectivity index (χ0) is 29.0. The Balaban J connectivity index is 1.94. The zero-order valence-corrected chi connectivity index (χ0v) is 22.9. The van der Waals surface area contributed by atoms with Gasteiger partial charge in [0.2, 0.25) is 11.8 Å². The number of carbonyl (C=O) groups is 4. The molecule has 9 heteroatoms. The fourth-order valence-electron chi connectivity index (χ4n) is 4.36. The van der Waals surface area contributed by atoms with Crippen LogP contribution in [0.25, 0.3) is 0 Å². The molecule has 0 saturated heterocycles. The summed E-state index contributed by atoms with van der Waals surface area (Å²) in [6.45, 7) is 6.38. The summed E-state index contributed by atoms with van der Waals surface area (Å²) >= 11 is 0. The van der Waals surface area contributed by atoms with E-state index in [-0.39, 0.29) is 48.1 Å². The van der Waals surface area contributed by atoms with Gasteiger partial charge in [-0.25, -0.2) is 0 Å². The summed E-state index contributed by atoms with van der Waals surface area (Å²) in [6.07, 6.45) is 15.5. The first-order chi connectivity index (χ1) is 18.4.